The molecule has 1 fully saturated rings. The number of nitrogens with zero attached hydrogens (tertiary/aromatic N) is 1. The molecule has 34 heavy (non-hydrogen) atoms. The zero-order valence-corrected chi connectivity index (χ0v) is 21.9. The van der Waals surface area contributed by atoms with Gasteiger partial charge < -0.3 is 24.4 Å². The second kappa shape index (κ2) is 11.8. The number of ether oxygens (including phenoxy) is 3. The summed E-state index contributed by atoms with van der Waals surface area (Å²) in [5.74, 6) is 1.45. The fourth-order valence-electron chi connectivity index (χ4n) is 3.90. The Hall–Kier alpha value is -2.41. The van der Waals surface area contributed by atoms with E-state index in [9.17, 15) is 0 Å². The van der Waals surface area contributed by atoms with Crippen LogP contribution < -0.4 is 19.7 Å². The first-order valence-corrected chi connectivity index (χ1v) is 12.7. The van der Waals surface area contributed by atoms with Gasteiger partial charge in [0.1, 0.15) is 6.61 Å². The lowest BCUT2D eigenvalue weighted by Crippen LogP contribution is -2.36. The van der Waals surface area contributed by atoms with Crippen LogP contribution in [-0.4, -0.2) is 32.9 Å². The molecule has 5 nitrogen and oxygen atoms in total. The number of rotatable bonds is 9. The third-order valence-corrected chi connectivity index (χ3v) is 6.88. The third-order valence-electron chi connectivity index (χ3n) is 5.84. The van der Waals surface area contributed by atoms with Gasteiger partial charge in [-0.1, -0.05) is 51.8 Å². The molecule has 0 bridgehead atoms. The summed E-state index contributed by atoms with van der Waals surface area (Å²) < 4.78 is 18.4. The van der Waals surface area contributed by atoms with Crippen LogP contribution in [0.1, 0.15) is 23.6 Å². The first-order valence-electron chi connectivity index (χ1n) is 11.5. The summed E-state index contributed by atoms with van der Waals surface area (Å²) in [7, 11) is 0. The molecule has 0 aromatic heterocycles. The Bertz CT molecular complexity index is 1120. The zero-order chi connectivity index (χ0) is 23.9. The van der Waals surface area contributed by atoms with Crippen molar-refractivity contribution < 1.29 is 14.2 Å². The van der Waals surface area contributed by atoms with E-state index in [1.54, 1.807) is 0 Å². The minimum absolute atomic E-state index is 0.491. The molecule has 0 amide bonds. The van der Waals surface area contributed by atoms with Gasteiger partial charge in [0.2, 0.25) is 0 Å². The monoisotopic (exact) mass is 544 g/mol. The van der Waals surface area contributed by atoms with Crippen LogP contribution in [0.25, 0.3) is 0 Å². The van der Waals surface area contributed by atoms with Crippen LogP contribution in [0.3, 0.4) is 0 Å². The van der Waals surface area contributed by atoms with Gasteiger partial charge in [-0.25, -0.2) is 0 Å². The normalized spacial score (nSPS) is 13.6. The summed E-state index contributed by atoms with van der Waals surface area (Å²) >= 11 is 10.3. The predicted octanol–water partition coefficient (Wildman–Crippen LogP) is 6.84. The molecule has 1 saturated heterocycles. The highest BCUT2D eigenvalue weighted by Crippen LogP contribution is 2.35. The number of nitrogens with one attached hydrogen (secondary N) is 1. The van der Waals surface area contributed by atoms with Gasteiger partial charge in [0, 0.05) is 29.8 Å². The van der Waals surface area contributed by atoms with E-state index >= 15 is 0 Å². The minimum atomic E-state index is 0.491. The van der Waals surface area contributed by atoms with Crippen molar-refractivity contribution >= 4 is 38.9 Å². The maximum absolute atomic E-state index is 6.59. The van der Waals surface area contributed by atoms with E-state index in [2.05, 4.69) is 57.3 Å². The Morgan fingerprint density at radius 2 is 1.76 bits per heavy atom. The van der Waals surface area contributed by atoms with Crippen LogP contribution in [0.15, 0.2) is 59.1 Å². The van der Waals surface area contributed by atoms with Crippen molar-refractivity contribution in [2.45, 2.75) is 27.0 Å². The van der Waals surface area contributed by atoms with Crippen molar-refractivity contribution in [3.63, 3.8) is 0 Å². The maximum Gasteiger partial charge on any atom is 0.162 e. The molecule has 3 aromatic carbocycles. The predicted molar refractivity (Wildman–Crippen MR) is 143 cm³/mol. The Morgan fingerprint density at radius 3 is 2.50 bits per heavy atom. The summed E-state index contributed by atoms with van der Waals surface area (Å²) in [6.45, 7) is 8.92. The molecular weight excluding hydrogens is 516 g/mol. The Morgan fingerprint density at radius 1 is 1.00 bits per heavy atom. The van der Waals surface area contributed by atoms with Crippen molar-refractivity contribution in [2.24, 2.45) is 0 Å². The zero-order valence-electron chi connectivity index (χ0n) is 19.6. The number of anilines is 2. The van der Waals surface area contributed by atoms with Crippen molar-refractivity contribution in [2.75, 3.05) is 43.1 Å². The molecular formula is C27H30BrClN2O3. The molecule has 0 unspecified atom stereocenters. The van der Waals surface area contributed by atoms with Crippen molar-refractivity contribution in [3.05, 3.63) is 80.8 Å². The summed E-state index contributed by atoms with van der Waals surface area (Å²) in [6, 6.07) is 18.3. The number of morpholine rings is 1. The fourth-order valence-corrected chi connectivity index (χ4v) is 4.66. The van der Waals surface area contributed by atoms with Gasteiger partial charge in [-0.3, -0.25) is 0 Å². The third kappa shape index (κ3) is 6.17. The van der Waals surface area contributed by atoms with Crippen molar-refractivity contribution in [1.29, 1.82) is 0 Å². The lowest BCUT2D eigenvalue weighted by molar-refractivity contribution is 0.122. The van der Waals surface area contributed by atoms with Crippen molar-refractivity contribution in [3.8, 4) is 11.5 Å². The number of halogens is 2. The van der Waals surface area contributed by atoms with Crippen LogP contribution in [0.2, 0.25) is 5.02 Å². The van der Waals surface area contributed by atoms with Gasteiger partial charge in [-0.2, -0.15) is 0 Å². The van der Waals surface area contributed by atoms with Gasteiger partial charge in [0.15, 0.2) is 11.5 Å². The van der Waals surface area contributed by atoms with Crippen LogP contribution in [0.5, 0.6) is 11.5 Å². The molecule has 1 heterocycles. The number of aryl methyl sites for hydroxylation is 1. The van der Waals surface area contributed by atoms with Gasteiger partial charge in [0.05, 0.1) is 30.5 Å². The average Bonchev–Trinajstić information content (AvgIpc) is 2.84. The summed E-state index contributed by atoms with van der Waals surface area (Å²) in [5, 5.41) is 4.21. The summed E-state index contributed by atoms with van der Waals surface area (Å²) in [5.41, 5.74) is 5.44. The molecule has 0 saturated carbocycles. The molecule has 7 heteroatoms. The molecule has 0 aliphatic carbocycles. The average molecular weight is 546 g/mol. The fraction of sp³-hybridized carbons (Fsp3) is 0.333. The van der Waals surface area contributed by atoms with E-state index in [1.165, 1.54) is 5.56 Å². The van der Waals surface area contributed by atoms with Gasteiger partial charge >= 0.3 is 0 Å². The highest BCUT2D eigenvalue weighted by atomic mass is 79.9. The summed E-state index contributed by atoms with van der Waals surface area (Å²) in [6.07, 6.45) is 0. The standard InChI is InChI=1S/C27H30BrClN2O3/c1-3-33-26-14-21(23(28)16-27(26)34-18-20-7-5-4-6-19(20)2)17-30-22-8-9-25(24(29)15-22)31-10-12-32-13-11-31/h4-9,14-16,30H,3,10-13,17-18H2,1-2H3. The molecule has 1 aliphatic rings. The van der Waals surface area contributed by atoms with E-state index < -0.39 is 0 Å². The quantitative estimate of drug-likeness (QED) is 0.319. The van der Waals surface area contributed by atoms with Crippen LogP contribution in [-0.2, 0) is 17.9 Å². The molecule has 4 rings (SSSR count). The van der Waals surface area contributed by atoms with Gasteiger partial charge in [-0.05, 0) is 60.9 Å². The van der Waals surface area contributed by atoms with E-state index in [4.69, 9.17) is 25.8 Å². The molecule has 0 spiro atoms. The highest BCUT2D eigenvalue weighted by molar-refractivity contribution is 9.10. The number of hydrogen-bond acceptors (Lipinski definition) is 5. The molecule has 0 atom stereocenters. The van der Waals surface area contributed by atoms with E-state index in [-0.39, 0.29) is 0 Å². The topological polar surface area (TPSA) is 43.0 Å². The first-order chi connectivity index (χ1) is 16.5. The SMILES string of the molecule is CCOc1cc(CNc2ccc(N3CCOCC3)c(Cl)c2)c(Br)cc1OCc1ccccc1C. The number of benzene rings is 3. The molecule has 180 valence electrons. The van der Waals surface area contributed by atoms with E-state index in [0.717, 1.165) is 69.8 Å². The van der Waals surface area contributed by atoms with Crippen molar-refractivity contribution in [1.82, 2.24) is 0 Å². The highest BCUT2D eigenvalue weighted by Gasteiger charge is 2.15. The Labute approximate surface area is 215 Å². The van der Waals surface area contributed by atoms with Crippen LogP contribution >= 0.6 is 27.5 Å². The molecule has 1 aliphatic heterocycles. The van der Waals surface area contributed by atoms with E-state index in [1.807, 2.05) is 37.3 Å². The molecule has 0 radical (unpaired) electrons. The first kappa shape index (κ1) is 24.7. The maximum atomic E-state index is 6.59. The Kier molecular flexibility index (Phi) is 8.59. The number of hydrogen-bond donors (Lipinski definition) is 1. The smallest absolute Gasteiger partial charge is 0.162 e. The summed E-state index contributed by atoms with van der Waals surface area (Å²) in [4.78, 5) is 2.26. The Balaban J connectivity index is 1.45. The van der Waals surface area contributed by atoms with Crippen LogP contribution in [0, 0.1) is 6.92 Å². The van der Waals surface area contributed by atoms with Gasteiger partial charge in [0.25, 0.3) is 0 Å². The lowest BCUT2D eigenvalue weighted by atomic mass is 10.1. The minimum Gasteiger partial charge on any atom is -0.490 e. The molecule has 3 aromatic rings. The second-order valence-corrected chi connectivity index (χ2v) is 9.42. The largest absolute Gasteiger partial charge is 0.490 e. The second-order valence-electron chi connectivity index (χ2n) is 8.16. The molecule has 1 N–H and O–H groups in total. The van der Waals surface area contributed by atoms with Crippen LogP contribution in [0.4, 0.5) is 11.4 Å². The van der Waals surface area contributed by atoms with E-state index in [0.29, 0.717) is 19.8 Å². The van der Waals surface area contributed by atoms with Gasteiger partial charge in [-0.15, -0.1) is 0 Å². The lowest BCUT2D eigenvalue weighted by Gasteiger charge is -2.29.